The molecule has 0 amide bonds. The van der Waals surface area contributed by atoms with Gasteiger partial charge in [0.2, 0.25) is 0 Å². The Bertz CT molecular complexity index is 621. The molecule has 0 unspecified atom stereocenters. The van der Waals surface area contributed by atoms with Crippen LogP contribution in [-0.2, 0) is 6.42 Å². The van der Waals surface area contributed by atoms with E-state index in [2.05, 4.69) is 131 Å². The van der Waals surface area contributed by atoms with Gasteiger partial charge in [0.25, 0.3) is 0 Å². The predicted molar refractivity (Wildman–Crippen MR) is 187 cm³/mol. The summed E-state index contributed by atoms with van der Waals surface area (Å²) in [4.78, 5) is 0. The second-order valence-electron chi connectivity index (χ2n) is 8.62. The fraction of sp³-hybridized carbons (Fsp3) is 0.526. The van der Waals surface area contributed by atoms with Gasteiger partial charge in [0, 0.05) is 0 Å². The second-order valence-corrected chi connectivity index (χ2v) is 8.62. The van der Waals surface area contributed by atoms with Crippen molar-refractivity contribution in [3.05, 3.63) is 110 Å². The minimum atomic E-state index is 1.03. The molecule has 1 saturated carbocycles. The third-order valence-electron chi connectivity index (χ3n) is 4.85. The van der Waals surface area contributed by atoms with Crippen molar-refractivity contribution in [2.75, 3.05) is 0 Å². The highest BCUT2D eigenvalue weighted by Crippen LogP contribution is 2.22. The predicted octanol–water partition coefficient (Wildman–Crippen LogP) is 13.8. The van der Waals surface area contributed by atoms with Crippen molar-refractivity contribution in [2.45, 2.75) is 128 Å². The molecule has 0 heteroatoms. The fourth-order valence-electron chi connectivity index (χ4n) is 2.85. The molecule has 0 heterocycles. The molecular formula is C38H70. The van der Waals surface area contributed by atoms with E-state index in [1.807, 2.05) is 26.8 Å². The van der Waals surface area contributed by atoms with E-state index in [4.69, 9.17) is 0 Å². The normalized spacial score (nSPS) is 11.4. The molecule has 1 aliphatic rings. The monoisotopic (exact) mass is 527 g/mol. The van der Waals surface area contributed by atoms with E-state index in [1.54, 1.807) is 6.08 Å². The van der Waals surface area contributed by atoms with Crippen LogP contribution >= 0.6 is 0 Å². The third-order valence-corrected chi connectivity index (χ3v) is 4.85. The molecule has 0 aliphatic heterocycles. The number of benzene rings is 1. The van der Waals surface area contributed by atoms with Crippen molar-refractivity contribution < 1.29 is 0 Å². The van der Waals surface area contributed by atoms with Crippen molar-refractivity contribution in [3.63, 3.8) is 0 Å². The maximum atomic E-state index is 3.48. The molecule has 1 aliphatic carbocycles. The molecule has 38 heavy (non-hydrogen) atoms. The van der Waals surface area contributed by atoms with Gasteiger partial charge in [-0.05, 0) is 64.5 Å². The van der Waals surface area contributed by atoms with Crippen LogP contribution in [-0.4, -0.2) is 0 Å². The van der Waals surface area contributed by atoms with Crippen molar-refractivity contribution in [1.29, 1.82) is 0 Å². The van der Waals surface area contributed by atoms with Crippen molar-refractivity contribution >= 4 is 0 Å². The first-order chi connectivity index (χ1) is 18.3. The van der Waals surface area contributed by atoms with E-state index in [0.29, 0.717) is 0 Å². The van der Waals surface area contributed by atoms with E-state index in [0.717, 1.165) is 18.8 Å². The zero-order valence-corrected chi connectivity index (χ0v) is 28.1. The summed E-state index contributed by atoms with van der Waals surface area (Å²) >= 11 is 0. The van der Waals surface area contributed by atoms with Gasteiger partial charge in [-0.2, -0.15) is 0 Å². The van der Waals surface area contributed by atoms with E-state index in [9.17, 15) is 0 Å². The van der Waals surface area contributed by atoms with Crippen LogP contribution in [0.5, 0.6) is 0 Å². The summed E-state index contributed by atoms with van der Waals surface area (Å²) in [7, 11) is 0. The molecular weight excluding hydrogens is 456 g/mol. The van der Waals surface area contributed by atoms with Crippen LogP contribution in [0.4, 0.5) is 0 Å². The summed E-state index contributed by atoms with van der Waals surface area (Å²) in [6.07, 6.45) is 21.0. The van der Waals surface area contributed by atoms with E-state index in [1.165, 1.54) is 60.8 Å². The SMILES string of the molecule is C/C=C(C)\C=C/Cc1ccc(C)cc1C.C=C.C=C.C=CC.C=CCC.CC.CC1CCCCC1.CCC. The molecule has 1 aromatic rings. The van der Waals surface area contributed by atoms with E-state index >= 15 is 0 Å². The van der Waals surface area contributed by atoms with Crippen LogP contribution in [0, 0.1) is 19.8 Å². The first kappa shape index (κ1) is 48.7. The van der Waals surface area contributed by atoms with Crippen LogP contribution in [0.1, 0.15) is 124 Å². The van der Waals surface area contributed by atoms with Crippen LogP contribution in [0.15, 0.2) is 93.6 Å². The molecule has 0 aromatic heterocycles. The average molecular weight is 527 g/mol. The lowest BCUT2D eigenvalue weighted by Crippen LogP contribution is -1.99. The first-order valence-corrected chi connectivity index (χ1v) is 14.8. The fourth-order valence-corrected chi connectivity index (χ4v) is 2.85. The number of hydrogen-bond acceptors (Lipinski definition) is 0. The maximum absolute atomic E-state index is 3.48. The van der Waals surface area contributed by atoms with Crippen molar-refractivity contribution in [2.24, 2.45) is 5.92 Å². The van der Waals surface area contributed by atoms with Crippen LogP contribution in [0.3, 0.4) is 0 Å². The highest BCUT2D eigenvalue weighted by atomic mass is 14.1. The molecule has 0 nitrogen and oxygen atoms in total. The number of hydrogen-bond donors (Lipinski definition) is 0. The Balaban J connectivity index is -0.0000000931. The number of aryl methyl sites for hydroxylation is 2. The summed E-state index contributed by atoms with van der Waals surface area (Å²) in [5.41, 5.74) is 5.46. The van der Waals surface area contributed by atoms with E-state index < -0.39 is 0 Å². The third kappa shape index (κ3) is 46.9. The molecule has 0 atom stereocenters. The quantitative estimate of drug-likeness (QED) is 0.270. The molecule has 1 aromatic carbocycles. The molecule has 0 N–H and O–H groups in total. The first-order valence-electron chi connectivity index (χ1n) is 14.8. The molecule has 0 radical (unpaired) electrons. The highest BCUT2D eigenvalue weighted by molar-refractivity contribution is 5.32. The van der Waals surface area contributed by atoms with Crippen LogP contribution < -0.4 is 0 Å². The lowest BCUT2D eigenvalue weighted by molar-refractivity contribution is 0.385. The van der Waals surface area contributed by atoms with Gasteiger partial charge in [-0.1, -0.05) is 140 Å². The Morgan fingerprint density at radius 2 is 1.32 bits per heavy atom. The van der Waals surface area contributed by atoms with Gasteiger partial charge in [0.1, 0.15) is 0 Å². The molecule has 222 valence electrons. The second kappa shape index (κ2) is 47.8. The molecule has 1 fully saturated rings. The Hall–Kier alpha value is -2.34. The van der Waals surface area contributed by atoms with Gasteiger partial charge in [0.15, 0.2) is 0 Å². The van der Waals surface area contributed by atoms with Gasteiger partial charge < -0.3 is 0 Å². The summed E-state index contributed by atoms with van der Waals surface area (Å²) in [6, 6.07) is 6.64. The van der Waals surface area contributed by atoms with Crippen molar-refractivity contribution in [3.8, 4) is 0 Å². The summed E-state index contributed by atoms with van der Waals surface area (Å²) in [5, 5.41) is 0. The minimum absolute atomic E-state index is 1.03. The standard InChI is InChI=1S/C15H20.C7H14.C4H8.C3H8.C3H6.C2H6.2C2H4/c1-5-12(2)7-6-8-15-10-9-13(3)11-14(15)4;1-7-5-3-2-4-6-7;1-3-4-2;2*1-3-2;3*1-2/h5-7,9-11H,8H2,1-4H3;7H,2-6H2,1H3;3H,1,4H2,2H3;3H2,1-2H3;3H,1H2,2H3;1-2H3;2*1-2H2/b7-6-,12-5-;;;;;;;. The maximum Gasteiger partial charge on any atom is -0.00916 e. The molecule has 0 bridgehead atoms. The van der Waals surface area contributed by atoms with Gasteiger partial charge in [-0.15, -0.1) is 39.5 Å². The van der Waals surface area contributed by atoms with Gasteiger partial charge >= 0.3 is 0 Å². The lowest BCUT2D eigenvalue weighted by Gasteiger charge is -2.15. The Labute approximate surface area is 243 Å². The largest absolute Gasteiger partial charge is 0.106 e. The summed E-state index contributed by atoms with van der Waals surface area (Å²) in [5.74, 6) is 1.04. The summed E-state index contributed by atoms with van der Waals surface area (Å²) in [6.45, 7) is 41.9. The van der Waals surface area contributed by atoms with E-state index in [-0.39, 0.29) is 0 Å². The molecule has 2 rings (SSSR count). The zero-order chi connectivity index (χ0) is 31.2. The average Bonchev–Trinajstić information content (AvgIpc) is 2.95. The number of rotatable bonds is 4. The smallest absolute Gasteiger partial charge is 0.00916 e. The Morgan fingerprint density at radius 3 is 1.61 bits per heavy atom. The van der Waals surface area contributed by atoms with Crippen LogP contribution in [0.25, 0.3) is 0 Å². The topological polar surface area (TPSA) is 0 Å². The molecule has 0 spiro atoms. The van der Waals surface area contributed by atoms with Gasteiger partial charge in [-0.25, -0.2) is 0 Å². The Morgan fingerprint density at radius 1 is 0.895 bits per heavy atom. The zero-order valence-electron chi connectivity index (χ0n) is 28.1. The Kier molecular flexibility index (Phi) is 61.3. The van der Waals surface area contributed by atoms with Crippen LogP contribution in [0.2, 0.25) is 0 Å². The highest BCUT2D eigenvalue weighted by Gasteiger charge is 2.05. The summed E-state index contributed by atoms with van der Waals surface area (Å²) < 4.78 is 0. The number of allylic oxidation sites excluding steroid dienone is 6. The van der Waals surface area contributed by atoms with Gasteiger partial charge in [0.05, 0.1) is 0 Å². The minimum Gasteiger partial charge on any atom is -0.106 e. The van der Waals surface area contributed by atoms with Gasteiger partial charge in [-0.3, -0.25) is 0 Å². The molecule has 0 saturated heterocycles. The lowest BCUT2D eigenvalue weighted by atomic mass is 9.91. The van der Waals surface area contributed by atoms with Crippen molar-refractivity contribution in [1.82, 2.24) is 0 Å².